The van der Waals surface area contributed by atoms with Crippen LogP contribution in [-0.4, -0.2) is 48.7 Å². The number of carbonyl (C=O) groups excluding carboxylic acids is 2. The maximum Gasteiger partial charge on any atom is 0.404 e. The Morgan fingerprint density at radius 1 is 1.14 bits per heavy atom. The van der Waals surface area contributed by atoms with E-state index < -0.39 is 6.09 Å². The van der Waals surface area contributed by atoms with Crippen molar-refractivity contribution in [2.45, 2.75) is 25.6 Å². The van der Waals surface area contributed by atoms with Crippen molar-refractivity contribution < 1.29 is 19.1 Å². The fourth-order valence-electron chi connectivity index (χ4n) is 4.14. The molecule has 0 radical (unpaired) electrons. The summed E-state index contributed by atoms with van der Waals surface area (Å²) in [6.45, 7) is 1.67. The van der Waals surface area contributed by atoms with Gasteiger partial charge in [-0.3, -0.25) is 4.79 Å². The smallest absolute Gasteiger partial charge is 0.404 e. The van der Waals surface area contributed by atoms with E-state index in [0.717, 1.165) is 16.8 Å². The lowest BCUT2D eigenvalue weighted by Crippen LogP contribution is -2.33. The Labute approximate surface area is 209 Å². The van der Waals surface area contributed by atoms with Crippen molar-refractivity contribution in [2.75, 3.05) is 42.3 Å². The van der Waals surface area contributed by atoms with Gasteiger partial charge in [0.15, 0.2) is 0 Å². The van der Waals surface area contributed by atoms with Crippen molar-refractivity contribution >= 4 is 29.5 Å². The first-order valence-electron chi connectivity index (χ1n) is 11.8. The van der Waals surface area contributed by atoms with Crippen molar-refractivity contribution in [2.24, 2.45) is 5.73 Å². The van der Waals surface area contributed by atoms with Crippen LogP contribution in [0.4, 0.5) is 22.2 Å². The predicted octanol–water partition coefficient (Wildman–Crippen LogP) is 3.29. The molecule has 2 amide bonds. The molecule has 0 bridgehead atoms. The normalized spacial score (nSPS) is 14.2. The fourth-order valence-corrected chi connectivity index (χ4v) is 4.14. The van der Waals surface area contributed by atoms with E-state index in [9.17, 15) is 9.59 Å². The molecule has 188 valence electrons. The van der Waals surface area contributed by atoms with Crippen molar-refractivity contribution in [1.29, 1.82) is 0 Å². The lowest BCUT2D eigenvalue weighted by molar-refractivity contribution is 0.0287. The molecule has 0 unspecified atom stereocenters. The number of likely N-dealkylation sites (N-methyl/N-ethyl adjacent to an activating group) is 1. The van der Waals surface area contributed by atoms with Crippen LogP contribution >= 0.6 is 0 Å². The number of primary amides is 1. The number of rotatable bonds is 9. The summed E-state index contributed by atoms with van der Waals surface area (Å²) in [5.74, 6) is 0.486. The van der Waals surface area contributed by atoms with Gasteiger partial charge in [0, 0.05) is 32.0 Å². The molecule has 0 saturated carbocycles. The summed E-state index contributed by atoms with van der Waals surface area (Å²) in [6, 6.07) is 17.6. The molecule has 1 aliphatic rings. The molecule has 0 aliphatic carbocycles. The topological polar surface area (TPSA) is 137 Å². The van der Waals surface area contributed by atoms with Crippen LogP contribution in [0.2, 0.25) is 0 Å². The lowest BCUT2D eigenvalue weighted by Gasteiger charge is -2.22. The second kappa shape index (κ2) is 11.5. The highest BCUT2D eigenvalue weighted by atomic mass is 16.5. The van der Waals surface area contributed by atoms with Crippen LogP contribution in [0.5, 0.6) is 0 Å². The number of hydrogen-bond donors (Lipinski definition) is 2. The van der Waals surface area contributed by atoms with Gasteiger partial charge < -0.3 is 30.7 Å². The van der Waals surface area contributed by atoms with E-state index >= 15 is 0 Å². The Balaban J connectivity index is 1.48. The van der Waals surface area contributed by atoms with E-state index in [-0.39, 0.29) is 24.6 Å². The SMILES string of the molecule is CN1CCN(c2cccc(CO[C@H](CCCOC(N)=O)c3ccccc3)c2)C(=O)c2cnc(N)nc21. The first-order chi connectivity index (χ1) is 17.4. The van der Waals surface area contributed by atoms with Crippen molar-refractivity contribution in [1.82, 2.24) is 9.97 Å². The Morgan fingerprint density at radius 2 is 1.94 bits per heavy atom. The zero-order valence-corrected chi connectivity index (χ0v) is 20.2. The molecular formula is C26H30N6O4. The van der Waals surface area contributed by atoms with E-state index in [1.807, 2.05) is 66.5 Å². The van der Waals surface area contributed by atoms with Gasteiger partial charge in [0.05, 0.1) is 19.3 Å². The molecular weight excluding hydrogens is 460 g/mol. The average Bonchev–Trinajstić information content (AvgIpc) is 3.00. The lowest BCUT2D eigenvalue weighted by atomic mass is 10.0. The first kappa shape index (κ1) is 24.9. The maximum atomic E-state index is 13.4. The van der Waals surface area contributed by atoms with Crippen LogP contribution in [0, 0.1) is 0 Å². The number of nitrogens with two attached hydrogens (primary N) is 2. The van der Waals surface area contributed by atoms with Crippen LogP contribution < -0.4 is 21.3 Å². The molecule has 0 spiro atoms. The van der Waals surface area contributed by atoms with E-state index in [0.29, 0.717) is 43.9 Å². The molecule has 2 aromatic carbocycles. The van der Waals surface area contributed by atoms with Gasteiger partial charge in [-0.2, -0.15) is 4.98 Å². The minimum absolute atomic E-state index is 0.134. The van der Waals surface area contributed by atoms with E-state index in [1.54, 1.807) is 4.90 Å². The highest BCUT2D eigenvalue weighted by Crippen LogP contribution is 2.28. The molecule has 0 fully saturated rings. The van der Waals surface area contributed by atoms with Crippen molar-refractivity contribution in [3.05, 3.63) is 77.5 Å². The zero-order chi connectivity index (χ0) is 25.5. The summed E-state index contributed by atoms with van der Waals surface area (Å²) in [4.78, 5) is 36.1. The molecule has 0 saturated heterocycles. The third kappa shape index (κ3) is 6.08. The molecule has 10 nitrogen and oxygen atoms in total. The molecule has 4 rings (SSSR count). The number of anilines is 3. The summed E-state index contributed by atoms with van der Waals surface area (Å²) in [6.07, 6.45) is 1.79. The number of nitrogens with zero attached hydrogens (tertiary/aromatic N) is 4. The third-order valence-corrected chi connectivity index (χ3v) is 5.98. The Hall–Kier alpha value is -4.18. The summed E-state index contributed by atoms with van der Waals surface area (Å²) >= 11 is 0. The minimum atomic E-state index is -0.782. The van der Waals surface area contributed by atoms with Gasteiger partial charge >= 0.3 is 6.09 Å². The molecule has 4 N–H and O–H groups in total. The number of carbonyl (C=O) groups is 2. The fraction of sp³-hybridized carbons (Fsp3) is 0.308. The average molecular weight is 491 g/mol. The van der Waals surface area contributed by atoms with E-state index in [2.05, 4.69) is 9.97 Å². The van der Waals surface area contributed by atoms with Crippen LogP contribution in [0.25, 0.3) is 0 Å². The number of ether oxygens (including phenoxy) is 2. The number of benzene rings is 2. The summed E-state index contributed by atoms with van der Waals surface area (Å²) < 4.78 is 11.1. The van der Waals surface area contributed by atoms with Gasteiger partial charge in [0.2, 0.25) is 5.95 Å². The van der Waals surface area contributed by atoms with E-state index in [1.165, 1.54) is 6.20 Å². The summed E-state index contributed by atoms with van der Waals surface area (Å²) in [5.41, 5.74) is 13.9. The largest absolute Gasteiger partial charge is 0.450 e. The van der Waals surface area contributed by atoms with Crippen molar-refractivity contribution in [3.63, 3.8) is 0 Å². The molecule has 1 atom stereocenters. The van der Waals surface area contributed by atoms with Crippen LogP contribution in [-0.2, 0) is 16.1 Å². The maximum absolute atomic E-state index is 13.4. The second-order valence-corrected chi connectivity index (χ2v) is 8.53. The first-order valence-corrected chi connectivity index (χ1v) is 11.8. The molecule has 10 heteroatoms. The van der Waals surface area contributed by atoms with E-state index in [4.69, 9.17) is 20.9 Å². The van der Waals surface area contributed by atoms with Gasteiger partial charge in [-0.1, -0.05) is 42.5 Å². The quantitative estimate of drug-likeness (QED) is 0.436. The molecule has 1 aliphatic heterocycles. The summed E-state index contributed by atoms with van der Waals surface area (Å²) in [5, 5.41) is 0. The van der Waals surface area contributed by atoms with Gasteiger partial charge in [0.25, 0.3) is 5.91 Å². The number of nitrogen functional groups attached to an aromatic ring is 1. The van der Waals surface area contributed by atoms with Gasteiger partial charge in [-0.25, -0.2) is 9.78 Å². The van der Waals surface area contributed by atoms with Gasteiger partial charge in [0.1, 0.15) is 11.4 Å². The zero-order valence-electron chi connectivity index (χ0n) is 20.2. The van der Waals surface area contributed by atoms with Crippen molar-refractivity contribution in [3.8, 4) is 0 Å². The van der Waals surface area contributed by atoms with Crippen LogP contribution in [0.15, 0.2) is 60.8 Å². The van der Waals surface area contributed by atoms with Gasteiger partial charge in [-0.15, -0.1) is 0 Å². The van der Waals surface area contributed by atoms with Gasteiger partial charge in [-0.05, 0) is 36.1 Å². The number of amides is 2. The Kier molecular flexibility index (Phi) is 7.96. The highest BCUT2D eigenvalue weighted by molar-refractivity contribution is 6.09. The number of aromatic nitrogens is 2. The molecule has 2 heterocycles. The van der Waals surface area contributed by atoms with Crippen LogP contribution in [0.1, 0.15) is 40.4 Å². The molecule has 36 heavy (non-hydrogen) atoms. The highest BCUT2D eigenvalue weighted by Gasteiger charge is 2.28. The minimum Gasteiger partial charge on any atom is -0.450 e. The predicted molar refractivity (Wildman–Crippen MR) is 137 cm³/mol. The second-order valence-electron chi connectivity index (χ2n) is 8.53. The molecule has 3 aromatic rings. The third-order valence-electron chi connectivity index (χ3n) is 5.98. The monoisotopic (exact) mass is 490 g/mol. The standard InChI is InChI=1S/C26H30N6O4/c1-31-12-13-32(24(33)21-16-29-25(27)30-23(21)31)20-10-5-7-18(15-20)17-36-22(11-6-14-35-26(28)34)19-8-3-2-4-9-19/h2-5,7-10,15-16,22H,6,11-14,17H2,1H3,(H2,28,34)(H2,27,29,30)/t22-/m1/s1. The van der Waals surface area contributed by atoms with Crippen LogP contribution in [0.3, 0.4) is 0 Å². The molecule has 1 aromatic heterocycles. The number of hydrogen-bond acceptors (Lipinski definition) is 8. The Bertz CT molecular complexity index is 1210. The summed E-state index contributed by atoms with van der Waals surface area (Å²) in [7, 11) is 1.88. The number of fused-ring (bicyclic) bond motifs is 1. The Morgan fingerprint density at radius 3 is 2.72 bits per heavy atom.